The molecule has 0 bridgehead atoms. The standard InChI is InChI=1S/C12H14BrNO4/c1-7-6-9(13)18-10(7)11(15)14-4-2-8(3-5-14)12(16)17/h6,8H,2-5H2,1H3,(H,16,17). The minimum atomic E-state index is -0.779. The van der Waals surface area contributed by atoms with Crippen molar-refractivity contribution in [3.05, 3.63) is 22.1 Å². The van der Waals surface area contributed by atoms with Gasteiger partial charge in [-0.25, -0.2) is 0 Å². The number of furan rings is 1. The number of halogens is 1. The largest absolute Gasteiger partial charge is 0.481 e. The van der Waals surface area contributed by atoms with Crippen LogP contribution in [0, 0.1) is 12.8 Å². The lowest BCUT2D eigenvalue weighted by Gasteiger charge is -2.29. The Morgan fingerprint density at radius 2 is 2.06 bits per heavy atom. The maximum atomic E-state index is 12.2. The number of aryl methyl sites for hydroxylation is 1. The maximum Gasteiger partial charge on any atom is 0.306 e. The number of carbonyl (C=O) groups excluding carboxylic acids is 1. The molecule has 0 aliphatic carbocycles. The minimum Gasteiger partial charge on any atom is -0.481 e. The Bertz CT molecular complexity index is 474. The first-order valence-electron chi connectivity index (χ1n) is 5.77. The SMILES string of the molecule is Cc1cc(Br)oc1C(=O)N1CCC(C(=O)O)CC1. The predicted molar refractivity (Wildman–Crippen MR) is 67.4 cm³/mol. The minimum absolute atomic E-state index is 0.165. The molecule has 1 aromatic rings. The number of hydrogen-bond donors (Lipinski definition) is 1. The van der Waals surface area contributed by atoms with Crippen LogP contribution >= 0.6 is 15.9 Å². The molecule has 1 N–H and O–H groups in total. The van der Waals surface area contributed by atoms with E-state index in [4.69, 9.17) is 9.52 Å². The lowest BCUT2D eigenvalue weighted by Crippen LogP contribution is -2.40. The van der Waals surface area contributed by atoms with E-state index in [1.165, 1.54) is 0 Å². The van der Waals surface area contributed by atoms with E-state index in [0.29, 0.717) is 36.4 Å². The van der Waals surface area contributed by atoms with Gasteiger partial charge in [0.05, 0.1) is 5.92 Å². The van der Waals surface area contributed by atoms with Gasteiger partial charge in [-0.1, -0.05) is 0 Å². The third-order valence-corrected chi connectivity index (χ3v) is 3.60. The van der Waals surface area contributed by atoms with Crippen molar-refractivity contribution in [3.63, 3.8) is 0 Å². The highest BCUT2D eigenvalue weighted by Gasteiger charge is 2.29. The summed E-state index contributed by atoms with van der Waals surface area (Å²) in [5, 5.41) is 8.90. The zero-order valence-electron chi connectivity index (χ0n) is 9.98. The molecule has 1 aliphatic heterocycles. The Hall–Kier alpha value is -1.30. The van der Waals surface area contributed by atoms with Gasteiger partial charge in [-0.05, 0) is 41.8 Å². The molecule has 98 valence electrons. The van der Waals surface area contributed by atoms with Crippen LogP contribution in [-0.4, -0.2) is 35.0 Å². The number of amides is 1. The van der Waals surface area contributed by atoms with Crippen molar-refractivity contribution in [2.75, 3.05) is 13.1 Å². The van der Waals surface area contributed by atoms with Gasteiger partial charge in [-0.15, -0.1) is 0 Å². The molecule has 0 radical (unpaired) electrons. The lowest BCUT2D eigenvalue weighted by atomic mass is 9.97. The molecule has 1 saturated heterocycles. The molecular weight excluding hydrogens is 302 g/mol. The van der Waals surface area contributed by atoms with E-state index in [9.17, 15) is 9.59 Å². The van der Waals surface area contributed by atoms with Crippen molar-refractivity contribution in [1.29, 1.82) is 0 Å². The average Bonchev–Trinajstić information content (AvgIpc) is 2.67. The molecule has 1 amide bonds. The summed E-state index contributed by atoms with van der Waals surface area (Å²) < 4.78 is 5.84. The number of nitrogens with zero attached hydrogens (tertiary/aromatic N) is 1. The maximum absolute atomic E-state index is 12.2. The highest BCUT2D eigenvalue weighted by molar-refractivity contribution is 9.10. The van der Waals surface area contributed by atoms with Gasteiger partial charge >= 0.3 is 5.97 Å². The van der Waals surface area contributed by atoms with Crippen molar-refractivity contribution in [2.45, 2.75) is 19.8 Å². The van der Waals surface area contributed by atoms with Crippen molar-refractivity contribution in [1.82, 2.24) is 4.90 Å². The fourth-order valence-electron chi connectivity index (χ4n) is 2.13. The second-order valence-electron chi connectivity index (χ2n) is 4.47. The summed E-state index contributed by atoms with van der Waals surface area (Å²) in [6.45, 7) is 2.74. The number of aliphatic carboxylic acids is 1. The monoisotopic (exact) mass is 315 g/mol. The number of carboxylic acid groups (broad SMARTS) is 1. The van der Waals surface area contributed by atoms with E-state index in [1.54, 1.807) is 11.0 Å². The molecule has 2 rings (SSSR count). The number of piperidine rings is 1. The summed E-state index contributed by atoms with van der Waals surface area (Å²) in [7, 11) is 0. The van der Waals surface area contributed by atoms with E-state index in [2.05, 4.69) is 15.9 Å². The van der Waals surface area contributed by atoms with Gasteiger partial charge in [0.1, 0.15) is 0 Å². The van der Waals surface area contributed by atoms with Crippen molar-refractivity contribution < 1.29 is 19.1 Å². The molecule has 0 atom stereocenters. The van der Waals surface area contributed by atoms with Gasteiger partial charge < -0.3 is 14.4 Å². The Kier molecular flexibility index (Phi) is 3.75. The third kappa shape index (κ3) is 2.58. The molecule has 1 aromatic heterocycles. The molecule has 0 unspecified atom stereocenters. The Morgan fingerprint density at radius 1 is 1.44 bits per heavy atom. The summed E-state index contributed by atoms with van der Waals surface area (Å²) in [6.07, 6.45) is 1.00. The van der Waals surface area contributed by atoms with Gasteiger partial charge in [-0.3, -0.25) is 9.59 Å². The summed E-state index contributed by atoms with van der Waals surface area (Å²) in [5.41, 5.74) is 0.784. The van der Waals surface area contributed by atoms with Crippen LogP contribution in [0.15, 0.2) is 15.2 Å². The second kappa shape index (κ2) is 5.14. The van der Waals surface area contributed by atoms with Crippen LogP contribution in [0.25, 0.3) is 0 Å². The molecule has 0 spiro atoms. The first-order chi connectivity index (χ1) is 8.49. The molecule has 0 aromatic carbocycles. The van der Waals surface area contributed by atoms with Crippen molar-refractivity contribution in [2.24, 2.45) is 5.92 Å². The molecule has 1 fully saturated rings. The normalized spacial score (nSPS) is 16.9. The second-order valence-corrected chi connectivity index (χ2v) is 5.25. The van der Waals surface area contributed by atoms with Gasteiger partial charge in [0, 0.05) is 18.7 Å². The van der Waals surface area contributed by atoms with Crippen LogP contribution in [0.3, 0.4) is 0 Å². The fraction of sp³-hybridized carbons (Fsp3) is 0.500. The number of hydrogen-bond acceptors (Lipinski definition) is 3. The molecule has 1 aliphatic rings. The van der Waals surface area contributed by atoms with Gasteiger partial charge in [0.15, 0.2) is 10.4 Å². The Balaban J connectivity index is 2.04. The van der Waals surface area contributed by atoms with Crippen molar-refractivity contribution in [3.8, 4) is 0 Å². The molecule has 2 heterocycles. The molecule has 18 heavy (non-hydrogen) atoms. The van der Waals surface area contributed by atoms with Gasteiger partial charge in [0.2, 0.25) is 0 Å². The summed E-state index contributed by atoms with van der Waals surface area (Å²) >= 11 is 3.19. The molecule has 6 heteroatoms. The van der Waals surface area contributed by atoms with E-state index < -0.39 is 5.97 Å². The first kappa shape index (κ1) is 13.1. The quantitative estimate of drug-likeness (QED) is 0.909. The predicted octanol–water partition coefficient (Wildman–Crippen LogP) is 2.29. The third-order valence-electron chi connectivity index (χ3n) is 3.21. The van der Waals surface area contributed by atoms with Crippen LogP contribution in [0.2, 0.25) is 0 Å². The zero-order valence-corrected chi connectivity index (χ0v) is 11.6. The number of rotatable bonds is 2. The average molecular weight is 316 g/mol. The van der Waals surface area contributed by atoms with Crippen molar-refractivity contribution >= 4 is 27.8 Å². The summed E-state index contributed by atoms with van der Waals surface area (Å²) in [4.78, 5) is 24.7. The topological polar surface area (TPSA) is 70.8 Å². The Labute approximate surface area is 113 Å². The fourth-order valence-corrected chi connectivity index (χ4v) is 2.63. The van der Waals surface area contributed by atoms with E-state index in [1.807, 2.05) is 6.92 Å². The highest BCUT2D eigenvalue weighted by Crippen LogP contribution is 2.24. The number of carbonyl (C=O) groups is 2. The van der Waals surface area contributed by atoms with Crippen LogP contribution in [0.5, 0.6) is 0 Å². The number of carboxylic acids is 1. The molecule has 5 nitrogen and oxygen atoms in total. The first-order valence-corrected chi connectivity index (χ1v) is 6.56. The van der Waals surface area contributed by atoms with E-state index in [-0.39, 0.29) is 11.8 Å². The summed E-state index contributed by atoms with van der Waals surface area (Å²) in [5.74, 6) is -0.949. The van der Waals surface area contributed by atoms with Crippen LogP contribution < -0.4 is 0 Å². The van der Waals surface area contributed by atoms with E-state index in [0.717, 1.165) is 5.56 Å². The van der Waals surface area contributed by atoms with Crippen LogP contribution in [-0.2, 0) is 4.79 Å². The highest BCUT2D eigenvalue weighted by atomic mass is 79.9. The Morgan fingerprint density at radius 3 is 2.50 bits per heavy atom. The van der Waals surface area contributed by atoms with Gasteiger partial charge in [-0.2, -0.15) is 0 Å². The van der Waals surface area contributed by atoms with Crippen LogP contribution in [0.4, 0.5) is 0 Å². The van der Waals surface area contributed by atoms with Crippen LogP contribution in [0.1, 0.15) is 29.0 Å². The molecule has 0 saturated carbocycles. The van der Waals surface area contributed by atoms with Gasteiger partial charge in [0.25, 0.3) is 5.91 Å². The lowest BCUT2D eigenvalue weighted by molar-refractivity contribution is -0.143. The smallest absolute Gasteiger partial charge is 0.306 e. The number of likely N-dealkylation sites (tertiary alicyclic amines) is 1. The zero-order chi connectivity index (χ0) is 13.3. The molecular formula is C12H14BrNO4. The van der Waals surface area contributed by atoms with E-state index >= 15 is 0 Å². The summed E-state index contributed by atoms with van der Waals surface area (Å²) in [6, 6.07) is 1.75.